The second-order valence-electron chi connectivity index (χ2n) is 7.91. The lowest BCUT2D eigenvalue weighted by molar-refractivity contribution is -0.119. The van der Waals surface area contributed by atoms with Crippen molar-refractivity contribution in [3.05, 3.63) is 29.8 Å². The number of guanidine groups is 1. The molecular weight excluding hydrogens is 312 g/mol. The van der Waals surface area contributed by atoms with E-state index < -0.39 is 0 Å². The molecule has 1 N–H and O–H groups in total. The number of amides is 1. The number of anilines is 1. The third-order valence-corrected chi connectivity index (χ3v) is 5.21. The number of nitrogens with one attached hydrogen (secondary N) is 1. The van der Waals surface area contributed by atoms with Gasteiger partial charge in [-0.25, -0.2) is 0 Å². The van der Waals surface area contributed by atoms with E-state index in [1.54, 1.807) is 0 Å². The second-order valence-corrected chi connectivity index (χ2v) is 7.91. The minimum absolute atomic E-state index is 0.245. The van der Waals surface area contributed by atoms with Crippen molar-refractivity contribution in [3.8, 4) is 0 Å². The molecule has 1 aromatic carbocycles. The number of carbonyl (C=O) groups excluding carboxylic acids is 1. The van der Waals surface area contributed by atoms with Crippen LogP contribution < -0.4 is 10.2 Å². The van der Waals surface area contributed by atoms with Crippen molar-refractivity contribution in [1.29, 1.82) is 0 Å². The van der Waals surface area contributed by atoms with Crippen LogP contribution in [0.3, 0.4) is 0 Å². The van der Waals surface area contributed by atoms with E-state index in [0.29, 0.717) is 11.8 Å². The molecule has 2 aliphatic heterocycles. The average molecular weight is 342 g/mol. The normalized spacial score (nSPS) is 20.9. The minimum atomic E-state index is 0.245. The fourth-order valence-corrected chi connectivity index (χ4v) is 3.68. The second kappa shape index (κ2) is 7.46. The van der Waals surface area contributed by atoms with Crippen LogP contribution in [0.1, 0.15) is 45.1 Å². The Morgan fingerprint density at radius 2 is 1.96 bits per heavy atom. The quantitative estimate of drug-likeness (QED) is 0.678. The van der Waals surface area contributed by atoms with Gasteiger partial charge in [-0.05, 0) is 42.4 Å². The maximum absolute atomic E-state index is 12.0. The molecule has 2 fully saturated rings. The van der Waals surface area contributed by atoms with E-state index in [1.165, 1.54) is 12.0 Å². The molecule has 25 heavy (non-hydrogen) atoms. The summed E-state index contributed by atoms with van der Waals surface area (Å²) in [5.74, 6) is 1.22. The first-order valence-electron chi connectivity index (χ1n) is 9.33. The number of likely N-dealkylation sites (tertiary alicyclic amines) is 1. The Bertz CT molecular complexity index is 636. The van der Waals surface area contributed by atoms with Crippen LogP contribution in [0.2, 0.25) is 0 Å². The van der Waals surface area contributed by atoms with Crippen molar-refractivity contribution in [3.63, 3.8) is 0 Å². The third kappa shape index (κ3) is 4.33. The van der Waals surface area contributed by atoms with Crippen LogP contribution in [-0.4, -0.2) is 43.4 Å². The van der Waals surface area contributed by atoms with Crippen LogP contribution in [-0.2, 0) is 11.3 Å². The zero-order valence-corrected chi connectivity index (χ0v) is 15.7. The van der Waals surface area contributed by atoms with E-state index in [0.717, 1.165) is 50.7 Å². The molecule has 136 valence electrons. The highest BCUT2D eigenvalue weighted by atomic mass is 16.2. The molecule has 0 radical (unpaired) electrons. The number of hydrogen-bond acceptors (Lipinski definition) is 2. The van der Waals surface area contributed by atoms with E-state index in [-0.39, 0.29) is 5.91 Å². The highest BCUT2D eigenvalue weighted by Gasteiger charge is 2.30. The molecular formula is C20H30N4O. The Labute approximate surface area is 151 Å². The van der Waals surface area contributed by atoms with Gasteiger partial charge in [0, 0.05) is 45.3 Å². The minimum Gasteiger partial charge on any atom is -0.352 e. The zero-order valence-electron chi connectivity index (χ0n) is 15.7. The monoisotopic (exact) mass is 342 g/mol. The molecule has 0 bridgehead atoms. The van der Waals surface area contributed by atoms with Gasteiger partial charge in [0.25, 0.3) is 0 Å². The molecule has 2 saturated heterocycles. The molecule has 0 unspecified atom stereocenters. The molecule has 0 aromatic heterocycles. The predicted octanol–water partition coefficient (Wildman–Crippen LogP) is 3.01. The molecule has 1 aromatic rings. The van der Waals surface area contributed by atoms with Crippen LogP contribution in [0.5, 0.6) is 0 Å². The van der Waals surface area contributed by atoms with E-state index >= 15 is 0 Å². The summed E-state index contributed by atoms with van der Waals surface area (Å²) in [6, 6.07) is 8.32. The molecule has 1 amide bonds. The fourth-order valence-electron chi connectivity index (χ4n) is 3.68. The van der Waals surface area contributed by atoms with Crippen molar-refractivity contribution < 1.29 is 4.79 Å². The average Bonchev–Trinajstić information content (AvgIpc) is 2.96. The SMILES string of the molecule is CN=C(NCc1ccc(N2CCCCC2=O)cc1)N1CCC(C)(C)C1. The highest BCUT2D eigenvalue weighted by Crippen LogP contribution is 2.28. The summed E-state index contributed by atoms with van der Waals surface area (Å²) >= 11 is 0. The predicted molar refractivity (Wildman–Crippen MR) is 103 cm³/mol. The Kier molecular flexibility index (Phi) is 5.30. The van der Waals surface area contributed by atoms with E-state index in [4.69, 9.17) is 0 Å². The van der Waals surface area contributed by atoms with Gasteiger partial charge in [-0.1, -0.05) is 26.0 Å². The molecule has 2 heterocycles. The number of piperidine rings is 1. The van der Waals surface area contributed by atoms with Gasteiger partial charge in [0.15, 0.2) is 5.96 Å². The van der Waals surface area contributed by atoms with Crippen LogP contribution in [0.15, 0.2) is 29.3 Å². The summed E-state index contributed by atoms with van der Waals surface area (Å²) in [6.45, 7) is 8.30. The molecule has 0 spiro atoms. The smallest absolute Gasteiger partial charge is 0.226 e. The van der Waals surface area contributed by atoms with Crippen molar-refractivity contribution in [1.82, 2.24) is 10.2 Å². The number of aliphatic imine (C=N–C) groups is 1. The van der Waals surface area contributed by atoms with Gasteiger partial charge in [-0.3, -0.25) is 9.79 Å². The van der Waals surface area contributed by atoms with Crippen molar-refractivity contribution in [2.75, 3.05) is 31.6 Å². The number of benzene rings is 1. The summed E-state index contributed by atoms with van der Waals surface area (Å²) < 4.78 is 0. The Morgan fingerprint density at radius 1 is 1.20 bits per heavy atom. The van der Waals surface area contributed by atoms with Gasteiger partial charge < -0.3 is 15.1 Å². The summed E-state index contributed by atoms with van der Waals surface area (Å²) in [7, 11) is 1.85. The van der Waals surface area contributed by atoms with Gasteiger partial charge in [0.1, 0.15) is 0 Å². The zero-order chi connectivity index (χ0) is 17.9. The first-order chi connectivity index (χ1) is 12.0. The molecule has 0 aliphatic carbocycles. The van der Waals surface area contributed by atoms with Crippen molar-refractivity contribution in [2.24, 2.45) is 10.4 Å². The van der Waals surface area contributed by atoms with Gasteiger partial charge >= 0.3 is 0 Å². The summed E-state index contributed by atoms with van der Waals surface area (Å²) in [4.78, 5) is 20.7. The van der Waals surface area contributed by atoms with Gasteiger partial charge in [0.2, 0.25) is 5.91 Å². The fraction of sp³-hybridized carbons (Fsp3) is 0.600. The van der Waals surface area contributed by atoms with Gasteiger partial charge in [-0.2, -0.15) is 0 Å². The lowest BCUT2D eigenvalue weighted by Gasteiger charge is -2.27. The molecule has 5 nitrogen and oxygen atoms in total. The number of hydrogen-bond donors (Lipinski definition) is 1. The lowest BCUT2D eigenvalue weighted by atomic mass is 9.93. The molecule has 2 aliphatic rings. The highest BCUT2D eigenvalue weighted by molar-refractivity contribution is 5.93. The van der Waals surface area contributed by atoms with E-state index in [1.807, 2.05) is 11.9 Å². The Hall–Kier alpha value is -2.04. The maximum atomic E-state index is 12.0. The van der Waals surface area contributed by atoms with E-state index in [2.05, 4.69) is 53.3 Å². The lowest BCUT2D eigenvalue weighted by Crippen LogP contribution is -2.40. The summed E-state index contributed by atoms with van der Waals surface area (Å²) in [6.07, 6.45) is 3.99. The van der Waals surface area contributed by atoms with Crippen LogP contribution >= 0.6 is 0 Å². The van der Waals surface area contributed by atoms with Crippen LogP contribution in [0.4, 0.5) is 5.69 Å². The van der Waals surface area contributed by atoms with Crippen molar-refractivity contribution >= 4 is 17.6 Å². The van der Waals surface area contributed by atoms with Crippen LogP contribution in [0, 0.1) is 5.41 Å². The largest absolute Gasteiger partial charge is 0.352 e. The molecule has 0 atom stereocenters. The topological polar surface area (TPSA) is 47.9 Å². The van der Waals surface area contributed by atoms with Crippen molar-refractivity contribution in [2.45, 2.75) is 46.1 Å². The first-order valence-corrected chi connectivity index (χ1v) is 9.33. The molecule has 3 rings (SSSR count). The van der Waals surface area contributed by atoms with E-state index in [9.17, 15) is 4.79 Å². The molecule has 5 heteroatoms. The maximum Gasteiger partial charge on any atom is 0.226 e. The third-order valence-electron chi connectivity index (χ3n) is 5.21. The van der Waals surface area contributed by atoms with Gasteiger partial charge in [0.05, 0.1) is 0 Å². The summed E-state index contributed by atoms with van der Waals surface area (Å²) in [5, 5.41) is 3.47. The Balaban J connectivity index is 1.57. The standard InChI is InChI=1S/C20H30N4O/c1-20(2)11-13-23(15-20)19(21-3)22-14-16-7-9-17(10-8-16)24-12-5-4-6-18(24)25/h7-10H,4-6,11-15H2,1-3H3,(H,21,22). The number of carbonyl (C=O) groups is 1. The van der Waals surface area contributed by atoms with Gasteiger partial charge in [-0.15, -0.1) is 0 Å². The first kappa shape index (κ1) is 17.8. The summed E-state index contributed by atoms with van der Waals surface area (Å²) in [5.41, 5.74) is 2.58. The number of nitrogens with zero attached hydrogens (tertiary/aromatic N) is 3. The Morgan fingerprint density at radius 3 is 2.56 bits per heavy atom. The molecule has 0 saturated carbocycles. The van der Waals surface area contributed by atoms with Crippen LogP contribution in [0.25, 0.3) is 0 Å². The number of rotatable bonds is 3.